The van der Waals surface area contributed by atoms with Crippen LogP contribution in [0.25, 0.3) is 22.0 Å². The van der Waals surface area contributed by atoms with E-state index in [-0.39, 0.29) is 36.3 Å². The molecule has 0 unspecified atom stereocenters. The predicted molar refractivity (Wildman–Crippen MR) is 132 cm³/mol. The first kappa shape index (κ1) is 24.3. The third-order valence-electron chi connectivity index (χ3n) is 5.24. The van der Waals surface area contributed by atoms with Crippen molar-refractivity contribution in [2.45, 2.75) is 13.3 Å². The molecule has 4 aromatic rings. The van der Waals surface area contributed by atoms with E-state index >= 15 is 0 Å². The molecule has 0 spiro atoms. The number of ether oxygens (including phenoxy) is 2. The predicted octanol–water partition coefficient (Wildman–Crippen LogP) is 4.29. The Bertz CT molecular complexity index is 1480. The maximum Gasteiger partial charge on any atom is 0.232 e. The molecule has 3 N–H and O–H groups in total. The fraction of sp³-hybridized carbons (Fsp3) is 0.208. The molecule has 0 atom stereocenters. The zero-order valence-corrected chi connectivity index (χ0v) is 20.0. The van der Waals surface area contributed by atoms with Crippen LogP contribution < -0.4 is 15.2 Å². The fourth-order valence-electron chi connectivity index (χ4n) is 3.59. The van der Waals surface area contributed by atoms with Gasteiger partial charge in [-0.2, -0.15) is 0 Å². The average Bonchev–Trinajstić information content (AvgIpc) is 2.83. The molecule has 4 rings (SSSR count). The minimum Gasteiger partial charge on any atom is -0.437 e. The summed E-state index contributed by atoms with van der Waals surface area (Å²) >= 11 is 0. The van der Waals surface area contributed by atoms with E-state index in [2.05, 4.69) is 19.7 Å². The summed E-state index contributed by atoms with van der Waals surface area (Å²) in [5.41, 5.74) is 7.44. The van der Waals surface area contributed by atoms with Gasteiger partial charge in [-0.25, -0.2) is 27.8 Å². The molecule has 0 aliphatic carbocycles. The Morgan fingerprint density at radius 3 is 2.63 bits per heavy atom. The Labute approximate surface area is 202 Å². The van der Waals surface area contributed by atoms with Gasteiger partial charge in [-0.15, -0.1) is 0 Å². The summed E-state index contributed by atoms with van der Waals surface area (Å²) < 4.78 is 53.4. The van der Waals surface area contributed by atoms with Gasteiger partial charge in [0.15, 0.2) is 0 Å². The molecule has 9 nitrogen and oxygen atoms in total. The van der Waals surface area contributed by atoms with Crippen molar-refractivity contribution in [3.05, 3.63) is 66.2 Å². The molecule has 2 heterocycles. The van der Waals surface area contributed by atoms with E-state index in [9.17, 15) is 12.8 Å². The van der Waals surface area contributed by atoms with Crippen molar-refractivity contribution in [3.8, 4) is 22.9 Å². The number of nitrogen functional groups attached to an aromatic ring is 1. The zero-order chi connectivity index (χ0) is 25.0. The summed E-state index contributed by atoms with van der Waals surface area (Å²) in [5, 5.41) is 0.865. The Kier molecular flexibility index (Phi) is 7.08. The van der Waals surface area contributed by atoms with Crippen molar-refractivity contribution < 1.29 is 22.3 Å². The van der Waals surface area contributed by atoms with Gasteiger partial charge in [-0.05, 0) is 49.2 Å². The summed E-state index contributed by atoms with van der Waals surface area (Å²) in [7, 11) is -2.31. The number of methoxy groups -OCH3 is 1. The number of halogens is 1. The number of nitrogens with zero attached hydrogens (tertiary/aromatic N) is 3. The topological polar surface area (TPSA) is 129 Å². The first-order valence-electron chi connectivity index (χ1n) is 10.7. The summed E-state index contributed by atoms with van der Waals surface area (Å²) in [6, 6.07) is 11.3. The van der Waals surface area contributed by atoms with E-state index in [4.69, 9.17) is 15.2 Å². The number of aromatic nitrogens is 3. The van der Waals surface area contributed by atoms with Crippen molar-refractivity contribution in [1.29, 1.82) is 0 Å². The van der Waals surface area contributed by atoms with Crippen molar-refractivity contribution >= 4 is 32.4 Å². The Balaban J connectivity index is 1.77. The van der Waals surface area contributed by atoms with Gasteiger partial charge in [0.2, 0.25) is 21.9 Å². The van der Waals surface area contributed by atoms with E-state index in [0.29, 0.717) is 27.8 Å². The van der Waals surface area contributed by atoms with Crippen molar-refractivity contribution in [3.63, 3.8) is 0 Å². The lowest BCUT2D eigenvalue weighted by Crippen LogP contribution is -2.18. The summed E-state index contributed by atoms with van der Waals surface area (Å²) in [6.45, 7) is 2.11. The van der Waals surface area contributed by atoms with E-state index < -0.39 is 15.8 Å². The largest absolute Gasteiger partial charge is 0.437 e. The number of fused-ring (bicyclic) bond motifs is 1. The SMILES string of the molecule is COCCCS(=O)(=O)Nc1c(F)ccc2c(Oc3ncccc3-c3ccnc(N)n3)c(C)ccc12. The van der Waals surface area contributed by atoms with Crippen molar-refractivity contribution in [2.75, 3.05) is 29.9 Å². The van der Waals surface area contributed by atoms with Gasteiger partial charge < -0.3 is 15.2 Å². The maximum absolute atomic E-state index is 14.8. The molecule has 2 aromatic heterocycles. The quantitative estimate of drug-likeness (QED) is 0.328. The number of anilines is 2. The van der Waals surface area contributed by atoms with Gasteiger partial charge >= 0.3 is 0 Å². The number of rotatable bonds is 9. The molecule has 182 valence electrons. The number of hydrogen-bond donors (Lipinski definition) is 2. The van der Waals surface area contributed by atoms with E-state index in [1.165, 1.54) is 19.4 Å². The van der Waals surface area contributed by atoms with Crippen LogP contribution in [0.1, 0.15) is 12.0 Å². The highest BCUT2D eigenvalue weighted by Gasteiger charge is 2.20. The maximum atomic E-state index is 14.8. The molecule has 11 heteroatoms. The van der Waals surface area contributed by atoms with Gasteiger partial charge in [0.05, 0.1) is 22.7 Å². The van der Waals surface area contributed by atoms with Crippen LogP contribution >= 0.6 is 0 Å². The van der Waals surface area contributed by atoms with Crippen molar-refractivity contribution in [1.82, 2.24) is 15.0 Å². The molecule has 0 aliphatic heterocycles. The molecule has 0 saturated carbocycles. The first-order chi connectivity index (χ1) is 16.8. The van der Waals surface area contributed by atoms with E-state index in [1.807, 2.05) is 6.92 Å². The van der Waals surface area contributed by atoms with Gasteiger partial charge in [0.25, 0.3) is 0 Å². The van der Waals surface area contributed by atoms with Crippen LogP contribution in [-0.2, 0) is 14.8 Å². The number of hydrogen-bond acceptors (Lipinski definition) is 8. The molecule has 0 fully saturated rings. The van der Waals surface area contributed by atoms with Crippen LogP contribution in [0.5, 0.6) is 11.6 Å². The standard InChI is InChI=1S/C24H24FN5O4S/c1-15-6-7-16-17(8-9-19(25)21(16)30-35(31,32)14-4-13-33-2)22(15)34-23-18(5-3-11-27-23)20-10-12-28-24(26)29-20/h3,5-12,30H,4,13-14H2,1-2H3,(H2,26,28,29). The minimum atomic E-state index is -3.80. The molecule has 0 bridgehead atoms. The monoisotopic (exact) mass is 497 g/mol. The molecule has 0 aliphatic rings. The van der Waals surface area contributed by atoms with Crippen LogP contribution in [0.2, 0.25) is 0 Å². The number of nitrogens with two attached hydrogens (primary N) is 1. The number of sulfonamides is 1. The molecule has 35 heavy (non-hydrogen) atoms. The first-order valence-corrected chi connectivity index (χ1v) is 12.4. The minimum absolute atomic E-state index is 0.108. The van der Waals surface area contributed by atoms with Crippen LogP contribution in [0.3, 0.4) is 0 Å². The highest BCUT2D eigenvalue weighted by Crippen LogP contribution is 2.39. The molecule has 0 saturated heterocycles. The Hall–Kier alpha value is -3.83. The lowest BCUT2D eigenvalue weighted by molar-refractivity contribution is 0.199. The van der Waals surface area contributed by atoms with Crippen LogP contribution in [0.4, 0.5) is 16.0 Å². The number of pyridine rings is 1. The number of nitrogens with one attached hydrogen (secondary N) is 1. The average molecular weight is 498 g/mol. The third-order valence-corrected chi connectivity index (χ3v) is 6.58. The van der Waals surface area contributed by atoms with Crippen LogP contribution in [-0.4, -0.2) is 42.8 Å². The highest BCUT2D eigenvalue weighted by atomic mass is 32.2. The molecule has 0 radical (unpaired) electrons. The second-order valence-corrected chi connectivity index (χ2v) is 9.60. The van der Waals surface area contributed by atoms with Gasteiger partial charge in [-0.3, -0.25) is 4.72 Å². The normalized spacial score (nSPS) is 11.5. The van der Waals surface area contributed by atoms with Crippen LogP contribution in [0.15, 0.2) is 54.9 Å². The lowest BCUT2D eigenvalue weighted by Gasteiger charge is -2.17. The fourth-order valence-corrected chi connectivity index (χ4v) is 4.71. The lowest BCUT2D eigenvalue weighted by atomic mass is 10.0. The highest BCUT2D eigenvalue weighted by molar-refractivity contribution is 7.92. The van der Waals surface area contributed by atoms with Gasteiger partial charge in [-0.1, -0.05) is 12.1 Å². The van der Waals surface area contributed by atoms with E-state index in [1.54, 1.807) is 42.6 Å². The van der Waals surface area contributed by atoms with Crippen molar-refractivity contribution in [2.24, 2.45) is 0 Å². The molecular weight excluding hydrogens is 473 g/mol. The zero-order valence-electron chi connectivity index (χ0n) is 19.2. The summed E-state index contributed by atoms with van der Waals surface area (Å²) in [5.74, 6) is -0.128. The molecular formula is C24H24FN5O4S. The smallest absolute Gasteiger partial charge is 0.232 e. The summed E-state index contributed by atoms with van der Waals surface area (Å²) in [4.78, 5) is 12.5. The third kappa shape index (κ3) is 5.47. The number of aryl methyl sites for hydroxylation is 1. The van der Waals surface area contributed by atoms with Crippen LogP contribution in [0, 0.1) is 12.7 Å². The Morgan fingerprint density at radius 1 is 1.06 bits per heavy atom. The van der Waals surface area contributed by atoms with Gasteiger partial charge in [0.1, 0.15) is 11.6 Å². The summed E-state index contributed by atoms with van der Waals surface area (Å²) in [6.07, 6.45) is 3.39. The van der Waals surface area contributed by atoms with Gasteiger partial charge in [0, 0.05) is 36.9 Å². The van der Waals surface area contributed by atoms with E-state index in [0.717, 1.165) is 5.56 Å². The second-order valence-electron chi connectivity index (χ2n) is 7.75. The Morgan fingerprint density at radius 2 is 1.86 bits per heavy atom. The molecule has 0 amide bonds. The second kappa shape index (κ2) is 10.2. The molecule has 2 aromatic carbocycles. The number of benzene rings is 2.